The van der Waals surface area contributed by atoms with E-state index in [0.29, 0.717) is 0 Å². The number of hydrogen-bond acceptors (Lipinski definition) is 0. The molecule has 0 bridgehead atoms. The molecule has 0 N–H and O–H groups in total. The summed E-state index contributed by atoms with van der Waals surface area (Å²) in [6.07, 6.45) is 13.1. The Hall–Kier alpha value is -0.800. The van der Waals surface area contributed by atoms with Gasteiger partial charge in [0.15, 0.2) is 5.69 Å². The van der Waals surface area contributed by atoms with Gasteiger partial charge in [-0.3, -0.25) is 0 Å². The summed E-state index contributed by atoms with van der Waals surface area (Å²) in [6, 6.07) is 6.16. The van der Waals surface area contributed by atoms with E-state index < -0.39 is 0 Å². The van der Waals surface area contributed by atoms with Crippen molar-refractivity contribution in [2.75, 3.05) is 0 Å². The fourth-order valence-electron chi connectivity index (χ4n) is 3.37. The van der Waals surface area contributed by atoms with Gasteiger partial charge in [-0.25, -0.2) is 9.13 Å². The summed E-state index contributed by atoms with van der Waals surface area (Å²) in [6.45, 7) is 8.49. The second-order valence-electron chi connectivity index (χ2n) is 7.31. The lowest BCUT2D eigenvalue weighted by atomic mass is 10.1. The number of benzene rings is 1. The number of halogens is 2. The molecule has 0 unspecified atom stereocenters. The molecule has 0 aliphatic carbocycles. The standard InChI is InChI=1S/C22H33BrClN2/c1-4-5-6-7-8-9-10-11-15-25-17-26(19(3)22(25)23)16-20-13-12-14-21(24)18(20)2/h12-14,17H,4-11,15-16H2,1-3H3/q+1. The minimum Gasteiger partial charge on any atom is -0.229 e. The monoisotopic (exact) mass is 439 g/mol. The van der Waals surface area contributed by atoms with Crippen molar-refractivity contribution < 1.29 is 4.57 Å². The van der Waals surface area contributed by atoms with Crippen LogP contribution in [0.2, 0.25) is 5.02 Å². The highest BCUT2D eigenvalue weighted by Crippen LogP contribution is 2.21. The average Bonchev–Trinajstić information content (AvgIpc) is 2.89. The molecule has 0 aliphatic heterocycles. The molecule has 26 heavy (non-hydrogen) atoms. The second kappa shape index (κ2) is 11.1. The van der Waals surface area contributed by atoms with Crippen molar-refractivity contribution in [3.8, 4) is 0 Å². The van der Waals surface area contributed by atoms with Gasteiger partial charge in [-0.1, -0.05) is 69.2 Å². The van der Waals surface area contributed by atoms with E-state index in [4.69, 9.17) is 11.6 Å². The van der Waals surface area contributed by atoms with Gasteiger partial charge in [0.25, 0.3) is 0 Å². The molecule has 1 aromatic heterocycles. The minimum absolute atomic E-state index is 0.846. The molecule has 4 heteroatoms. The maximum Gasteiger partial charge on any atom is 0.245 e. The Bertz CT molecular complexity index is 694. The van der Waals surface area contributed by atoms with Crippen LogP contribution in [0, 0.1) is 13.8 Å². The first-order valence-electron chi connectivity index (χ1n) is 10.0. The molecule has 0 fully saturated rings. The minimum atomic E-state index is 0.846. The Labute approximate surface area is 172 Å². The van der Waals surface area contributed by atoms with Gasteiger partial charge in [-0.2, -0.15) is 0 Å². The highest BCUT2D eigenvalue weighted by Gasteiger charge is 2.18. The van der Waals surface area contributed by atoms with E-state index in [1.807, 2.05) is 12.1 Å². The third kappa shape index (κ3) is 6.13. The zero-order valence-electron chi connectivity index (χ0n) is 16.5. The summed E-state index contributed by atoms with van der Waals surface area (Å²) >= 11 is 10.0. The molecule has 0 saturated heterocycles. The number of aryl methyl sites for hydroxylation is 1. The van der Waals surface area contributed by atoms with E-state index in [9.17, 15) is 0 Å². The summed E-state index contributed by atoms with van der Waals surface area (Å²) < 4.78 is 5.85. The molecule has 2 rings (SSSR count). The molecule has 1 aromatic carbocycles. The molecule has 0 saturated carbocycles. The maximum absolute atomic E-state index is 6.27. The van der Waals surface area contributed by atoms with Gasteiger partial charge in [-0.15, -0.1) is 0 Å². The molecule has 0 amide bonds. The zero-order valence-corrected chi connectivity index (χ0v) is 18.9. The third-order valence-electron chi connectivity index (χ3n) is 5.23. The normalized spacial score (nSPS) is 11.3. The van der Waals surface area contributed by atoms with Crippen LogP contribution in [0.1, 0.15) is 75.1 Å². The van der Waals surface area contributed by atoms with Gasteiger partial charge in [0, 0.05) is 27.9 Å². The number of rotatable bonds is 11. The Kier molecular flexibility index (Phi) is 9.21. The molecule has 1 heterocycles. The fourth-order valence-corrected chi connectivity index (χ4v) is 4.06. The van der Waals surface area contributed by atoms with E-state index in [1.54, 1.807) is 0 Å². The summed E-state index contributed by atoms with van der Waals surface area (Å²) in [5.41, 5.74) is 3.72. The average molecular weight is 441 g/mol. The van der Waals surface area contributed by atoms with Crippen molar-refractivity contribution in [1.29, 1.82) is 0 Å². The highest BCUT2D eigenvalue weighted by molar-refractivity contribution is 9.10. The van der Waals surface area contributed by atoms with E-state index >= 15 is 0 Å². The summed E-state index contributed by atoms with van der Waals surface area (Å²) in [7, 11) is 0. The topological polar surface area (TPSA) is 8.81 Å². The maximum atomic E-state index is 6.27. The van der Waals surface area contributed by atoms with Crippen molar-refractivity contribution in [3.05, 3.63) is 51.0 Å². The molecule has 0 atom stereocenters. The highest BCUT2D eigenvalue weighted by atomic mass is 79.9. The van der Waals surface area contributed by atoms with Crippen LogP contribution >= 0.6 is 27.5 Å². The third-order valence-corrected chi connectivity index (χ3v) is 6.67. The Morgan fingerprint density at radius 1 is 1.00 bits per heavy atom. The molecule has 0 aliphatic rings. The molecule has 144 valence electrons. The van der Waals surface area contributed by atoms with Gasteiger partial charge in [0.2, 0.25) is 10.9 Å². The predicted molar refractivity (Wildman–Crippen MR) is 115 cm³/mol. The van der Waals surface area contributed by atoms with Crippen LogP contribution in [-0.2, 0) is 13.1 Å². The number of hydrogen-bond donors (Lipinski definition) is 0. The van der Waals surface area contributed by atoms with Crippen LogP contribution in [-0.4, -0.2) is 4.57 Å². The SMILES string of the molecule is CCCCCCCCCC[n+]1cn(Cc2cccc(Cl)c2C)c(C)c1Br. The predicted octanol–water partition coefficient (Wildman–Crippen LogP) is 7.00. The van der Waals surface area contributed by atoms with E-state index in [2.05, 4.69) is 58.2 Å². The molecule has 0 spiro atoms. The lowest BCUT2D eigenvalue weighted by Crippen LogP contribution is -2.33. The fraction of sp³-hybridized carbons (Fsp3) is 0.591. The van der Waals surface area contributed by atoms with E-state index in [1.165, 1.54) is 72.8 Å². The molecule has 2 nitrogen and oxygen atoms in total. The van der Waals surface area contributed by atoms with Gasteiger partial charge >= 0.3 is 0 Å². The van der Waals surface area contributed by atoms with Crippen LogP contribution < -0.4 is 4.57 Å². The van der Waals surface area contributed by atoms with E-state index in [0.717, 1.165) is 18.1 Å². The molecular formula is C22H33BrClN2+. The van der Waals surface area contributed by atoms with Crippen molar-refractivity contribution in [2.45, 2.75) is 85.2 Å². The second-order valence-corrected chi connectivity index (χ2v) is 8.47. The van der Waals surface area contributed by atoms with Crippen molar-refractivity contribution in [2.24, 2.45) is 0 Å². The van der Waals surface area contributed by atoms with Gasteiger partial charge in [0.1, 0.15) is 6.54 Å². The zero-order chi connectivity index (χ0) is 18.9. The Balaban J connectivity index is 1.86. The van der Waals surface area contributed by atoms with Crippen molar-refractivity contribution in [3.63, 3.8) is 0 Å². The van der Waals surface area contributed by atoms with Crippen LogP contribution in [0.15, 0.2) is 29.1 Å². The number of imidazole rings is 1. The summed E-state index contributed by atoms with van der Waals surface area (Å²) in [4.78, 5) is 0. The largest absolute Gasteiger partial charge is 0.245 e. The quantitative estimate of drug-likeness (QED) is 0.263. The first-order chi connectivity index (χ1) is 12.5. The van der Waals surface area contributed by atoms with Gasteiger partial charge in [-0.05, 0) is 37.0 Å². The lowest BCUT2D eigenvalue weighted by Gasteiger charge is -2.05. The Morgan fingerprint density at radius 3 is 2.35 bits per heavy atom. The molecular weight excluding hydrogens is 408 g/mol. The first kappa shape index (κ1) is 21.5. The summed E-state index contributed by atoms with van der Waals surface area (Å²) in [5.74, 6) is 0. The number of aromatic nitrogens is 2. The van der Waals surface area contributed by atoms with Crippen molar-refractivity contribution in [1.82, 2.24) is 4.57 Å². The summed E-state index contributed by atoms with van der Waals surface area (Å²) in [5, 5.41) is 0.846. The van der Waals surface area contributed by atoms with Crippen LogP contribution in [0.3, 0.4) is 0 Å². The molecule has 0 radical (unpaired) electrons. The Morgan fingerprint density at radius 2 is 1.65 bits per heavy atom. The van der Waals surface area contributed by atoms with Gasteiger partial charge in [0.05, 0.1) is 6.54 Å². The van der Waals surface area contributed by atoms with Crippen LogP contribution in [0.25, 0.3) is 0 Å². The van der Waals surface area contributed by atoms with Crippen LogP contribution in [0.5, 0.6) is 0 Å². The van der Waals surface area contributed by atoms with Crippen molar-refractivity contribution >= 4 is 27.5 Å². The smallest absolute Gasteiger partial charge is 0.229 e. The molecule has 2 aromatic rings. The van der Waals surface area contributed by atoms with E-state index in [-0.39, 0.29) is 0 Å². The number of unbranched alkanes of at least 4 members (excludes halogenated alkanes) is 7. The lowest BCUT2D eigenvalue weighted by molar-refractivity contribution is -0.707. The van der Waals surface area contributed by atoms with Crippen LogP contribution in [0.4, 0.5) is 0 Å². The first-order valence-corrected chi connectivity index (χ1v) is 11.2. The number of nitrogens with zero attached hydrogens (tertiary/aromatic N) is 2. The van der Waals surface area contributed by atoms with Gasteiger partial charge < -0.3 is 0 Å².